The molecule has 3 rings (SSSR count). The van der Waals surface area contributed by atoms with Crippen LogP contribution in [0.5, 0.6) is 5.75 Å². The van der Waals surface area contributed by atoms with Gasteiger partial charge in [-0.1, -0.05) is 36.4 Å². The summed E-state index contributed by atoms with van der Waals surface area (Å²) in [5.41, 5.74) is 2.89. The van der Waals surface area contributed by atoms with Gasteiger partial charge in [0.25, 0.3) is 0 Å². The number of carboxylic acids is 1. The van der Waals surface area contributed by atoms with Crippen LogP contribution >= 0.6 is 0 Å². The molecule has 0 saturated carbocycles. The van der Waals surface area contributed by atoms with E-state index >= 15 is 0 Å². The number of rotatable bonds is 6. The molecule has 1 N–H and O–H groups in total. The van der Waals surface area contributed by atoms with Gasteiger partial charge >= 0.3 is 12.1 Å². The van der Waals surface area contributed by atoms with Gasteiger partial charge in [0.05, 0.1) is 19.1 Å². The third kappa shape index (κ3) is 7.84. The van der Waals surface area contributed by atoms with Crippen LogP contribution < -0.4 is 4.74 Å². The van der Waals surface area contributed by atoms with Crippen LogP contribution in [-0.2, 0) is 16.1 Å². The van der Waals surface area contributed by atoms with E-state index < -0.39 is 12.1 Å². The zero-order valence-corrected chi connectivity index (χ0v) is 17.9. The van der Waals surface area contributed by atoms with Crippen LogP contribution in [0.2, 0.25) is 0 Å². The molecule has 33 heavy (non-hydrogen) atoms. The largest absolute Gasteiger partial charge is 0.495 e. The van der Waals surface area contributed by atoms with E-state index in [4.69, 9.17) is 14.6 Å². The molecule has 10 heteroatoms. The number of imidazole rings is 1. The minimum absolute atomic E-state index is 0.0495. The number of likely N-dealkylation sites (N-methyl/N-ethyl adjacent to an activating group) is 1. The molecule has 0 radical (unpaired) electrons. The molecule has 0 saturated heterocycles. The van der Waals surface area contributed by atoms with Crippen LogP contribution in [-0.4, -0.2) is 51.8 Å². The van der Waals surface area contributed by atoms with Crippen LogP contribution in [0.25, 0.3) is 11.8 Å². The lowest BCUT2D eigenvalue weighted by atomic mass is 10.1. The van der Waals surface area contributed by atoms with Crippen molar-refractivity contribution in [2.75, 3.05) is 14.2 Å². The average molecular weight is 461 g/mol. The second-order valence-electron chi connectivity index (χ2n) is 6.72. The Hall–Kier alpha value is -4.08. The topological polar surface area (TPSA) is 84.7 Å². The molecule has 3 aromatic rings. The first-order valence-electron chi connectivity index (χ1n) is 9.55. The fourth-order valence-electron chi connectivity index (χ4n) is 2.64. The maximum atomic E-state index is 12.3. The van der Waals surface area contributed by atoms with Gasteiger partial charge in [-0.25, -0.2) is 9.78 Å². The Morgan fingerprint density at radius 2 is 1.85 bits per heavy atom. The molecule has 2 aromatic carbocycles. The van der Waals surface area contributed by atoms with E-state index in [2.05, 4.69) is 4.98 Å². The van der Waals surface area contributed by atoms with Gasteiger partial charge in [-0.15, -0.1) is 0 Å². The van der Waals surface area contributed by atoms with Crippen LogP contribution in [0.1, 0.15) is 11.1 Å². The van der Waals surface area contributed by atoms with E-state index in [-0.39, 0.29) is 5.91 Å². The fourth-order valence-corrected chi connectivity index (χ4v) is 2.64. The number of carbonyl (C=O) groups is 2. The number of aliphatic carboxylic acids is 1. The van der Waals surface area contributed by atoms with Crippen molar-refractivity contribution < 1.29 is 32.6 Å². The molecule has 174 valence electrons. The Morgan fingerprint density at radius 1 is 1.18 bits per heavy atom. The molecule has 0 unspecified atom stereocenters. The van der Waals surface area contributed by atoms with Gasteiger partial charge < -0.3 is 19.3 Å². The van der Waals surface area contributed by atoms with E-state index in [1.54, 1.807) is 43.7 Å². The van der Waals surface area contributed by atoms with Gasteiger partial charge in [0.2, 0.25) is 5.91 Å². The molecular weight excluding hydrogens is 439 g/mol. The summed E-state index contributed by atoms with van der Waals surface area (Å²) in [6.45, 7) is 0.576. The molecule has 1 amide bonds. The summed E-state index contributed by atoms with van der Waals surface area (Å²) in [4.78, 5) is 27.0. The minimum atomic E-state index is -5.08. The number of amides is 1. The second kappa shape index (κ2) is 11.5. The number of hydrogen-bond donors (Lipinski definition) is 1. The molecule has 0 aliphatic rings. The number of alkyl halides is 3. The van der Waals surface area contributed by atoms with Gasteiger partial charge in [0, 0.05) is 32.1 Å². The lowest BCUT2D eigenvalue weighted by molar-refractivity contribution is -0.192. The number of ether oxygens (including phenoxy) is 1. The third-order valence-corrected chi connectivity index (χ3v) is 4.29. The number of carboxylic acid groups (broad SMARTS) is 1. The van der Waals surface area contributed by atoms with Gasteiger partial charge in [0.15, 0.2) is 0 Å². The number of benzene rings is 2. The van der Waals surface area contributed by atoms with E-state index in [1.165, 1.54) is 0 Å². The lowest BCUT2D eigenvalue weighted by Crippen LogP contribution is -2.24. The van der Waals surface area contributed by atoms with E-state index in [9.17, 15) is 18.0 Å². The smallest absolute Gasteiger partial charge is 0.490 e. The summed E-state index contributed by atoms with van der Waals surface area (Å²) >= 11 is 0. The Morgan fingerprint density at radius 3 is 2.39 bits per heavy atom. The minimum Gasteiger partial charge on any atom is -0.495 e. The summed E-state index contributed by atoms with van der Waals surface area (Å²) in [6.07, 6.45) is 3.58. The van der Waals surface area contributed by atoms with Gasteiger partial charge in [0.1, 0.15) is 5.75 Å². The van der Waals surface area contributed by atoms with Crippen LogP contribution in [0, 0.1) is 0 Å². The van der Waals surface area contributed by atoms with E-state index in [1.807, 2.05) is 59.3 Å². The zero-order valence-electron chi connectivity index (χ0n) is 17.9. The standard InChI is InChI=1S/C21H21N3O2.C2HF3O2/c1-23(15-18-6-4-3-5-7-18)21(25)11-9-17-8-10-19(20(14-17)26-2)24-13-12-22-16-24;3-2(4,5)1(6)7/h3-14,16H,15H2,1-2H3;(H,6,7)/b11-9+;. The van der Waals surface area contributed by atoms with E-state index in [0.717, 1.165) is 22.6 Å². The van der Waals surface area contributed by atoms with Crippen molar-refractivity contribution in [3.63, 3.8) is 0 Å². The first kappa shape index (κ1) is 25.2. The van der Waals surface area contributed by atoms with Crippen molar-refractivity contribution in [2.24, 2.45) is 0 Å². The molecule has 7 nitrogen and oxygen atoms in total. The highest BCUT2D eigenvalue weighted by atomic mass is 19.4. The monoisotopic (exact) mass is 461 g/mol. The number of methoxy groups -OCH3 is 1. The van der Waals surface area contributed by atoms with Gasteiger partial charge in [-0.3, -0.25) is 4.79 Å². The fraction of sp³-hybridized carbons (Fsp3) is 0.174. The van der Waals surface area contributed by atoms with Crippen molar-refractivity contribution in [2.45, 2.75) is 12.7 Å². The highest BCUT2D eigenvalue weighted by Gasteiger charge is 2.38. The van der Waals surface area contributed by atoms with E-state index in [0.29, 0.717) is 6.54 Å². The highest BCUT2D eigenvalue weighted by molar-refractivity contribution is 5.91. The molecule has 0 aliphatic heterocycles. The summed E-state index contributed by atoms with van der Waals surface area (Å²) < 4.78 is 39.1. The average Bonchev–Trinajstić information content (AvgIpc) is 3.32. The SMILES string of the molecule is COc1cc(/C=C/C(=O)N(C)Cc2ccccc2)ccc1-n1ccnc1.O=C(O)C(F)(F)F. The second-order valence-corrected chi connectivity index (χ2v) is 6.72. The molecule has 1 aromatic heterocycles. The van der Waals surface area contributed by atoms with Crippen molar-refractivity contribution >= 4 is 18.0 Å². The molecular formula is C23H22F3N3O4. The number of aromatic nitrogens is 2. The Labute approximate surface area is 188 Å². The first-order valence-corrected chi connectivity index (χ1v) is 9.55. The number of halogens is 3. The number of nitrogens with zero attached hydrogens (tertiary/aromatic N) is 3. The maximum Gasteiger partial charge on any atom is 0.490 e. The quantitative estimate of drug-likeness (QED) is 0.557. The van der Waals surface area contributed by atoms with Crippen LogP contribution in [0.3, 0.4) is 0 Å². The summed E-state index contributed by atoms with van der Waals surface area (Å²) in [5.74, 6) is -2.09. The van der Waals surface area contributed by atoms with Crippen molar-refractivity contribution in [3.05, 3.63) is 84.5 Å². The summed E-state index contributed by atoms with van der Waals surface area (Å²) in [7, 11) is 3.42. The van der Waals surface area contributed by atoms with Gasteiger partial charge in [-0.05, 0) is 29.3 Å². The van der Waals surface area contributed by atoms with Crippen molar-refractivity contribution in [3.8, 4) is 11.4 Å². The van der Waals surface area contributed by atoms with Gasteiger partial charge in [-0.2, -0.15) is 13.2 Å². The first-order chi connectivity index (χ1) is 15.6. The van der Waals surface area contributed by atoms with Crippen molar-refractivity contribution in [1.82, 2.24) is 14.5 Å². The van der Waals surface area contributed by atoms with Crippen molar-refractivity contribution in [1.29, 1.82) is 0 Å². The summed E-state index contributed by atoms with van der Waals surface area (Å²) in [6, 6.07) is 15.7. The molecule has 0 atom stereocenters. The zero-order chi connectivity index (χ0) is 24.4. The lowest BCUT2D eigenvalue weighted by Gasteiger charge is -2.15. The maximum absolute atomic E-state index is 12.3. The van der Waals surface area contributed by atoms with Crippen LogP contribution in [0.4, 0.5) is 13.2 Å². The Balaban J connectivity index is 0.000000479. The molecule has 0 bridgehead atoms. The van der Waals surface area contributed by atoms with Crippen LogP contribution in [0.15, 0.2) is 73.3 Å². The molecule has 0 spiro atoms. The molecule has 1 heterocycles. The highest BCUT2D eigenvalue weighted by Crippen LogP contribution is 2.24. The summed E-state index contributed by atoms with van der Waals surface area (Å²) in [5, 5.41) is 7.12. The Kier molecular flexibility index (Phi) is 8.79. The number of carbonyl (C=O) groups excluding carboxylic acids is 1. The predicted octanol–water partition coefficient (Wildman–Crippen LogP) is 4.19. The number of hydrogen-bond acceptors (Lipinski definition) is 4. The molecule has 0 fully saturated rings. The predicted molar refractivity (Wildman–Crippen MR) is 116 cm³/mol. The third-order valence-electron chi connectivity index (χ3n) is 4.29. The normalized spacial score (nSPS) is 10.9. The molecule has 0 aliphatic carbocycles. The Bertz CT molecular complexity index is 1080.